The molecule has 1 aliphatic heterocycles. The van der Waals surface area contributed by atoms with Crippen molar-refractivity contribution in [2.75, 3.05) is 38.2 Å². The summed E-state index contributed by atoms with van der Waals surface area (Å²) in [5, 5.41) is 10.6. The van der Waals surface area contributed by atoms with Crippen molar-refractivity contribution in [1.29, 1.82) is 0 Å². The Morgan fingerprint density at radius 2 is 1.79 bits per heavy atom. The van der Waals surface area contributed by atoms with Gasteiger partial charge < -0.3 is 19.6 Å². The zero-order valence-electron chi connectivity index (χ0n) is 16.7. The Morgan fingerprint density at radius 3 is 2.43 bits per heavy atom. The van der Waals surface area contributed by atoms with Crippen LogP contribution in [-0.4, -0.2) is 55.3 Å². The molecule has 2 aromatic carbocycles. The van der Waals surface area contributed by atoms with Crippen LogP contribution in [0.1, 0.15) is 24.7 Å². The van der Waals surface area contributed by atoms with E-state index in [0.717, 1.165) is 41.5 Å². The van der Waals surface area contributed by atoms with E-state index in [1.54, 1.807) is 12.0 Å². The number of benzene rings is 2. The number of methoxy groups -OCH3 is 1. The maximum atomic E-state index is 13.2. The number of para-hydroxylation sites is 1. The molecule has 150 valence electrons. The number of rotatable bonds is 7. The molecule has 0 radical (unpaired) electrons. The lowest BCUT2D eigenvalue weighted by Gasteiger charge is -2.28. The van der Waals surface area contributed by atoms with Gasteiger partial charge in [0.25, 0.3) is 5.91 Å². The maximum Gasteiger partial charge on any atom is 0.257 e. The van der Waals surface area contributed by atoms with Gasteiger partial charge in [0.1, 0.15) is 11.9 Å². The van der Waals surface area contributed by atoms with Gasteiger partial charge in [-0.1, -0.05) is 38.1 Å². The Bertz CT molecular complexity index is 793. The van der Waals surface area contributed by atoms with Crippen molar-refractivity contribution in [2.45, 2.75) is 30.1 Å². The standard InChI is InChI=1S/C22H28N2O3S/c1-4-23(5-2)14-15-24-18-8-6-7-9-19(18)28-21(20(25)22(24)26)16-10-12-17(27-3)13-11-16/h6-13,20-21,25H,4-5,14-15H2,1-3H3/t20-,21+/m1/s1. The fourth-order valence-corrected chi connectivity index (χ4v) is 4.71. The highest BCUT2D eigenvalue weighted by Crippen LogP contribution is 2.45. The molecule has 0 saturated carbocycles. The molecule has 2 aromatic rings. The molecule has 0 aliphatic carbocycles. The molecule has 0 aromatic heterocycles. The molecule has 0 saturated heterocycles. The average Bonchev–Trinajstić information content (AvgIpc) is 2.84. The van der Waals surface area contributed by atoms with E-state index >= 15 is 0 Å². The summed E-state index contributed by atoms with van der Waals surface area (Å²) < 4.78 is 5.23. The molecule has 0 unspecified atom stereocenters. The number of hydrogen-bond donors (Lipinski definition) is 1. The first kappa shape index (κ1) is 20.7. The number of nitrogens with zero attached hydrogens (tertiary/aromatic N) is 2. The highest BCUT2D eigenvalue weighted by Gasteiger charge is 2.37. The smallest absolute Gasteiger partial charge is 0.257 e. The van der Waals surface area contributed by atoms with Crippen molar-refractivity contribution >= 4 is 23.4 Å². The minimum atomic E-state index is -1.11. The van der Waals surface area contributed by atoms with Crippen LogP contribution in [0.15, 0.2) is 53.4 Å². The van der Waals surface area contributed by atoms with Crippen LogP contribution in [0.4, 0.5) is 5.69 Å². The van der Waals surface area contributed by atoms with Gasteiger partial charge in [-0.05, 0) is 42.9 Å². The average molecular weight is 401 g/mol. The van der Waals surface area contributed by atoms with Gasteiger partial charge in [-0.3, -0.25) is 4.79 Å². The number of likely N-dealkylation sites (N-methyl/N-ethyl adjacent to an activating group) is 1. The molecule has 0 spiro atoms. The van der Waals surface area contributed by atoms with Crippen LogP contribution in [0.3, 0.4) is 0 Å². The van der Waals surface area contributed by atoms with Crippen LogP contribution < -0.4 is 9.64 Å². The number of thioether (sulfide) groups is 1. The van der Waals surface area contributed by atoms with Crippen molar-refractivity contribution < 1.29 is 14.6 Å². The van der Waals surface area contributed by atoms with E-state index in [-0.39, 0.29) is 11.2 Å². The van der Waals surface area contributed by atoms with Gasteiger partial charge >= 0.3 is 0 Å². The topological polar surface area (TPSA) is 53.0 Å². The highest BCUT2D eigenvalue weighted by atomic mass is 32.2. The third kappa shape index (κ3) is 4.35. The second kappa shape index (κ2) is 9.45. The first-order valence-electron chi connectivity index (χ1n) is 9.70. The van der Waals surface area contributed by atoms with Crippen LogP contribution in [0.25, 0.3) is 0 Å². The molecule has 6 heteroatoms. The van der Waals surface area contributed by atoms with E-state index in [1.165, 1.54) is 11.8 Å². The van der Waals surface area contributed by atoms with Crippen LogP contribution in [0, 0.1) is 0 Å². The van der Waals surface area contributed by atoms with Crippen LogP contribution in [0.2, 0.25) is 0 Å². The first-order valence-corrected chi connectivity index (χ1v) is 10.6. The number of aliphatic hydroxyl groups excluding tert-OH is 1. The molecule has 2 atom stereocenters. The minimum absolute atomic E-state index is 0.245. The van der Waals surface area contributed by atoms with Gasteiger partial charge in [0.05, 0.1) is 18.0 Å². The van der Waals surface area contributed by atoms with Gasteiger partial charge in [0, 0.05) is 18.0 Å². The summed E-state index contributed by atoms with van der Waals surface area (Å²) in [6.07, 6.45) is -1.11. The lowest BCUT2D eigenvalue weighted by molar-refractivity contribution is -0.126. The van der Waals surface area contributed by atoms with Gasteiger partial charge in [-0.2, -0.15) is 0 Å². The van der Waals surface area contributed by atoms with Crippen LogP contribution in [-0.2, 0) is 4.79 Å². The van der Waals surface area contributed by atoms with Crippen LogP contribution in [0.5, 0.6) is 5.75 Å². The molecule has 0 fully saturated rings. The molecule has 1 heterocycles. The molecule has 3 rings (SSSR count). The molecule has 1 aliphatic rings. The summed E-state index contributed by atoms with van der Waals surface area (Å²) in [4.78, 5) is 18.3. The first-order chi connectivity index (χ1) is 13.6. The van der Waals surface area contributed by atoms with Gasteiger partial charge in [-0.25, -0.2) is 0 Å². The number of carbonyl (C=O) groups is 1. The fourth-order valence-electron chi connectivity index (χ4n) is 3.44. The van der Waals surface area contributed by atoms with Gasteiger partial charge in [-0.15, -0.1) is 11.8 Å². The van der Waals surface area contributed by atoms with E-state index < -0.39 is 6.10 Å². The Labute approximate surface area is 171 Å². The quantitative estimate of drug-likeness (QED) is 0.770. The Kier molecular flexibility index (Phi) is 6.99. The normalized spacial score (nSPS) is 19.5. The number of ether oxygens (including phenoxy) is 1. The Balaban J connectivity index is 1.92. The van der Waals surface area contributed by atoms with E-state index in [2.05, 4.69) is 18.7 Å². The van der Waals surface area contributed by atoms with Crippen molar-refractivity contribution in [2.24, 2.45) is 0 Å². The number of carbonyl (C=O) groups excluding carboxylic acids is 1. The lowest BCUT2D eigenvalue weighted by atomic mass is 10.1. The summed E-state index contributed by atoms with van der Waals surface area (Å²) >= 11 is 1.54. The number of hydrogen-bond acceptors (Lipinski definition) is 5. The van der Waals surface area contributed by atoms with Crippen molar-refractivity contribution in [3.05, 3.63) is 54.1 Å². The predicted octanol–water partition coefficient (Wildman–Crippen LogP) is 3.58. The number of aliphatic hydroxyl groups is 1. The molecule has 1 amide bonds. The predicted molar refractivity (Wildman–Crippen MR) is 114 cm³/mol. The zero-order valence-corrected chi connectivity index (χ0v) is 17.5. The molecular weight excluding hydrogens is 372 g/mol. The highest BCUT2D eigenvalue weighted by molar-refractivity contribution is 7.99. The SMILES string of the molecule is CCN(CC)CCN1C(=O)[C@H](O)[C@H](c2ccc(OC)cc2)Sc2ccccc21. The number of fused-ring (bicyclic) bond motifs is 1. The summed E-state index contributed by atoms with van der Waals surface area (Å²) in [5.41, 5.74) is 1.78. The Morgan fingerprint density at radius 1 is 1.11 bits per heavy atom. The summed E-state index contributed by atoms with van der Waals surface area (Å²) in [6, 6.07) is 15.5. The largest absolute Gasteiger partial charge is 0.497 e. The molecule has 0 bridgehead atoms. The summed E-state index contributed by atoms with van der Waals surface area (Å²) in [7, 11) is 1.62. The second-order valence-electron chi connectivity index (χ2n) is 6.74. The van der Waals surface area contributed by atoms with Crippen molar-refractivity contribution in [3.63, 3.8) is 0 Å². The molecule has 5 nitrogen and oxygen atoms in total. The second-order valence-corrected chi connectivity index (χ2v) is 7.92. The van der Waals surface area contributed by atoms with E-state index in [9.17, 15) is 9.90 Å². The monoisotopic (exact) mass is 400 g/mol. The van der Waals surface area contributed by atoms with Gasteiger partial charge in [0.15, 0.2) is 0 Å². The summed E-state index contributed by atoms with van der Waals surface area (Å²) in [6.45, 7) is 7.44. The molecule has 1 N–H and O–H groups in total. The lowest BCUT2D eigenvalue weighted by Crippen LogP contribution is -2.44. The maximum absolute atomic E-state index is 13.2. The van der Waals surface area contributed by atoms with E-state index in [1.807, 2.05) is 48.5 Å². The van der Waals surface area contributed by atoms with Gasteiger partial charge in [0.2, 0.25) is 0 Å². The molecular formula is C22H28N2O3S. The zero-order chi connectivity index (χ0) is 20.1. The fraction of sp³-hybridized carbons (Fsp3) is 0.409. The summed E-state index contributed by atoms with van der Waals surface area (Å²) in [5.74, 6) is 0.509. The number of amides is 1. The van der Waals surface area contributed by atoms with E-state index in [4.69, 9.17) is 4.74 Å². The third-order valence-corrected chi connectivity index (χ3v) is 6.58. The van der Waals surface area contributed by atoms with Crippen molar-refractivity contribution in [3.8, 4) is 5.75 Å². The Hall–Kier alpha value is -2.02. The van der Waals surface area contributed by atoms with Crippen molar-refractivity contribution in [1.82, 2.24) is 4.90 Å². The molecule has 28 heavy (non-hydrogen) atoms. The van der Waals surface area contributed by atoms with Crippen LogP contribution >= 0.6 is 11.8 Å². The number of anilines is 1. The van der Waals surface area contributed by atoms with E-state index in [0.29, 0.717) is 6.54 Å². The third-order valence-electron chi connectivity index (χ3n) is 5.19. The minimum Gasteiger partial charge on any atom is -0.497 e.